The molecule has 1 aromatic rings. The van der Waals surface area contributed by atoms with Crippen LogP contribution in [0.1, 0.15) is 161 Å². The average Bonchev–Trinajstić information content (AvgIpc) is 3.32. The van der Waals surface area contributed by atoms with E-state index in [1.807, 2.05) is 13.1 Å². The van der Waals surface area contributed by atoms with Gasteiger partial charge in [-0.3, -0.25) is 9.48 Å². The van der Waals surface area contributed by atoms with Crippen LogP contribution in [0.2, 0.25) is 0 Å². The molecule has 1 rings (SSSR count). The van der Waals surface area contributed by atoms with Gasteiger partial charge in [-0.05, 0) is 44.9 Å². The number of unbranched alkanes of at least 4 members (excludes halogenated alkanes) is 20. The largest absolute Gasteiger partial charge is 0.311 e. The van der Waals surface area contributed by atoms with Crippen LogP contribution in [0, 0.1) is 0 Å². The highest BCUT2D eigenvalue weighted by Crippen LogP contribution is 2.13. The molecule has 0 aliphatic rings. The third-order valence-electron chi connectivity index (χ3n) is 7.42. The molecular weight excluding hydrogens is 466 g/mol. The van der Waals surface area contributed by atoms with Crippen molar-refractivity contribution in [2.24, 2.45) is 7.05 Å². The van der Waals surface area contributed by atoms with E-state index >= 15 is 0 Å². The van der Waals surface area contributed by atoms with Crippen molar-refractivity contribution >= 4 is 11.7 Å². The lowest BCUT2D eigenvalue weighted by molar-refractivity contribution is -0.116. The molecule has 0 atom stereocenters. The summed E-state index contributed by atoms with van der Waals surface area (Å²) in [6.07, 6.45) is 42.4. The number of hydrogen-bond donors (Lipinski definition) is 1. The van der Waals surface area contributed by atoms with E-state index in [1.54, 1.807) is 10.9 Å². The number of carbonyl (C=O) groups excluding carboxylic acids is 1. The number of nitrogens with one attached hydrogen (secondary N) is 1. The van der Waals surface area contributed by atoms with Crippen molar-refractivity contribution in [1.29, 1.82) is 0 Å². The van der Waals surface area contributed by atoms with Gasteiger partial charge in [-0.25, -0.2) is 0 Å². The first-order valence-electron chi connectivity index (χ1n) is 16.3. The maximum absolute atomic E-state index is 11.9. The first kappa shape index (κ1) is 34.2. The lowest BCUT2D eigenvalue weighted by Crippen LogP contribution is -2.13. The van der Waals surface area contributed by atoms with E-state index in [4.69, 9.17) is 0 Å². The fourth-order valence-corrected chi connectivity index (χ4v) is 4.90. The minimum Gasteiger partial charge on any atom is -0.311 e. The maximum Gasteiger partial charge on any atom is 0.225 e. The predicted molar refractivity (Wildman–Crippen MR) is 167 cm³/mol. The van der Waals surface area contributed by atoms with Crippen LogP contribution in [-0.2, 0) is 11.8 Å². The number of aromatic nitrogens is 2. The molecule has 218 valence electrons. The van der Waals surface area contributed by atoms with Gasteiger partial charge in [0.25, 0.3) is 0 Å². The topological polar surface area (TPSA) is 46.9 Å². The molecule has 38 heavy (non-hydrogen) atoms. The molecule has 0 aromatic carbocycles. The first-order chi connectivity index (χ1) is 18.7. The number of hydrogen-bond acceptors (Lipinski definition) is 2. The monoisotopic (exact) mass is 527 g/mol. The quantitative estimate of drug-likeness (QED) is 0.0913. The van der Waals surface area contributed by atoms with Gasteiger partial charge in [0.05, 0.1) is 6.20 Å². The third-order valence-corrected chi connectivity index (χ3v) is 7.42. The number of amides is 1. The van der Waals surface area contributed by atoms with Crippen LogP contribution < -0.4 is 5.32 Å². The Morgan fingerprint density at radius 3 is 1.53 bits per heavy atom. The van der Waals surface area contributed by atoms with Crippen LogP contribution in [-0.4, -0.2) is 15.7 Å². The highest BCUT2D eigenvalue weighted by atomic mass is 16.1. The summed E-state index contributed by atoms with van der Waals surface area (Å²) in [5.41, 5.74) is 0. The molecule has 4 nitrogen and oxygen atoms in total. The summed E-state index contributed by atoms with van der Waals surface area (Å²) in [5.74, 6) is 0.867. The molecule has 1 N–H and O–H groups in total. The molecule has 0 saturated carbocycles. The van der Waals surface area contributed by atoms with Crippen LogP contribution in [0.5, 0.6) is 0 Å². The standard InChI is InChI=1S/C34H61N3O/c1-3-4-5-6-7-8-9-10-11-12-13-14-15-16-17-18-19-20-21-22-23-24-25-26-27-28-29-30-34(38)36-33-31-32-35-37(33)2/h14-15,18-19,31-32H,3-13,16-17,20-30H2,1-2H3,(H,36,38)/b15-14-,19-18-. The summed E-state index contributed by atoms with van der Waals surface area (Å²) in [6.45, 7) is 2.29. The van der Waals surface area contributed by atoms with Crippen molar-refractivity contribution in [1.82, 2.24) is 9.78 Å². The van der Waals surface area contributed by atoms with Gasteiger partial charge < -0.3 is 5.32 Å². The molecule has 4 heteroatoms. The molecule has 0 spiro atoms. The summed E-state index contributed by atoms with van der Waals surface area (Å²) >= 11 is 0. The van der Waals surface area contributed by atoms with Crippen molar-refractivity contribution in [3.05, 3.63) is 36.6 Å². The van der Waals surface area contributed by atoms with Gasteiger partial charge >= 0.3 is 0 Å². The van der Waals surface area contributed by atoms with Crippen LogP contribution in [0.3, 0.4) is 0 Å². The Kier molecular flexibility index (Phi) is 24.1. The number of rotatable bonds is 27. The molecule has 0 fully saturated rings. The van der Waals surface area contributed by atoms with E-state index in [2.05, 4.69) is 41.6 Å². The Morgan fingerprint density at radius 2 is 1.08 bits per heavy atom. The predicted octanol–water partition coefficient (Wildman–Crippen LogP) is 10.9. The van der Waals surface area contributed by atoms with Gasteiger partial charge in [0, 0.05) is 19.5 Å². The molecule has 1 amide bonds. The molecule has 1 heterocycles. The number of nitrogens with zero attached hydrogens (tertiary/aromatic N) is 2. The zero-order valence-electron chi connectivity index (χ0n) is 25.2. The summed E-state index contributed by atoms with van der Waals surface area (Å²) in [7, 11) is 1.84. The number of carbonyl (C=O) groups is 1. The average molecular weight is 528 g/mol. The Morgan fingerprint density at radius 1 is 0.658 bits per heavy atom. The van der Waals surface area contributed by atoms with Crippen molar-refractivity contribution in [3.63, 3.8) is 0 Å². The normalized spacial score (nSPS) is 11.7. The van der Waals surface area contributed by atoms with Crippen molar-refractivity contribution in [2.75, 3.05) is 5.32 Å². The number of anilines is 1. The second kappa shape index (κ2) is 26.8. The van der Waals surface area contributed by atoms with E-state index in [-0.39, 0.29) is 5.91 Å². The Balaban J connectivity index is 1.74. The minimum atomic E-state index is 0.0960. The van der Waals surface area contributed by atoms with Crippen molar-refractivity contribution in [2.45, 2.75) is 161 Å². The molecule has 0 radical (unpaired) electrons. The summed E-state index contributed by atoms with van der Waals surface area (Å²) in [4.78, 5) is 11.9. The van der Waals surface area contributed by atoms with Crippen molar-refractivity contribution in [3.8, 4) is 0 Å². The molecule has 0 aliphatic carbocycles. The Bertz CT molecular complexity index is 706. The third kappa shape index (κ3) is 22.2. The zero-order valence-corrected chi connectivity index (χ0v) is 25.2. The molecule has 0 unspecified atom stereocenters. The number of aryl methyl sites for hydroxylation is 1. The van der Waals surface area contributed by atoms with Gasteiger partial charge in [-0.1, -0.05) is 134 Å². The van der Waals surface area contributed by atoms with E-state index in [9.17, 15) is 4.79 Å². The van der Waals surface area contributed by atoms with Gasteiger partial charge in [0.2, 0.25) is 5.91 Å². The van der Waals surface area contributed by atoms with E-state index in [1.165, 1.54) is 135 Å². The Labute approximate surface area is 236 Å². The highest BCUT2D eigenvalue weighted by Gasteiger charge is 2.04. The molecule has 0 saturated heterocycles. The van der Waals surface area contributed by atoms with Gasteiger partial charge in [-0.15, -0.1) is 0 Å². The van der Waals surface area contributed by atoms with Crippen LogP contribution >= 0.6 is 0 Å². The second-order valence-corrected chi connectivity index (χ2v) is 11.1. The van der Waals surface area contributed by atoms with Gasteiger partial charge in [0.1, 0.15) is 5.82 Å². The van der Waals surface area contributed by atoms with Crippen LogP contribution in [0.4, 0.5) is 5.82 Å². The smallest absolute Gasteiger partial charge is 0.225 e. The van der Waals surface area contributed by atoms with Gasteiger partial charge in [0.15, 0.2) is 0 Å². The SMILES string of the molecule is CCCCCCCCCCCC/C=C\CC/C=C\CCCCCCCCCCCC(=O)Nc1ccnn1C. The maximum atomic E-state index is 11.9. The lowest BCUT2D eigenvalue weighted by atomic mass is 10.1. The number of allylic oxidation sites excluding steroid dienone is 4. The molecule has 0 aliphatic heterocycles. The minimum absolute atomic E-state index is 0.0960. The summed E-state index contributed by atoms with van der Waals surface area (Å²) < 4.78 is 1.69. The first-order valence-corrected chi connectivity index (χ1v) is 16.3. The molecule has 0 bridgehead atoms. The van der Waals surface area contributed by atoms with Crippen LogP contribution in [0.25, 0.3) is 0 Å². The lowest BCUT2D eigenvalue weighted by Gasteiger charge is -2.05. The second-order valence-electron chi connectivity index (χ2n) is 11.1. The Hall–Kier alpha value is -1.84. The fraction of sp³-hybridized carbons (Fsp3) is 0.765. The zero-order chi connectivity index (χ0) is 27.4. The van der Waals surface area contributed by atoms with Gasteiger partial charge in [-0.2, -0.15) is 5.10 Å². The van der Waals surface area contributed by atoms with E-state index in [0.29, 0.717) is 6.42 Å². The highest BCUT2D eigenvalue weighted by molar-refractivity contribution is 5.89. The summed E-state index contributed by atoms with van der Waals surface area (Å²) in [6, 6.07) is 1.83. The fourth-order valence-electron chi connectivity index (χ4n) is 4.90. The van der Waals surface area contributed by atoms with E-state index in [0.717, 1.165) is 18.7 Å². The molecule has 1 aromatic heterocycles. The van der Waals surface area contributed by atoms with Crippen LogP contribution in [0.15, 0.2) is 36.6 Å². The van der Waals surface area contributed by atoms with E-state index < -0.39 is 0 Å². The van der Waals surface area contributed by atoms with Crippen molar-refractivity contribution < 1.29 is 4.79 Å². The molecular formula is C34H61N3O. The summed E-state index contributed by atoms with van der Waals surface area (Å²) in [5, 5.41) is 6.98.